The van der Waals surface area contributed by atoms with Crippen LogP contribution in [-0.4, -0.2) is 47.4 Å². The summed E-state index contributed by atoms with van der Waals surface area (Å²) < 4.78 is 0. The summed E-state index contributed by atoms with van der Waals surface area (Å²) in [5.74, 6) is 0.0615. The third-order valence-electron chi connectivity index (χ3n) is 4.29. The van der Waals surface area contributed by atoms with Crippen molar-refractivity contribution in [2.24, 2.45) is 0 Å². The summed E-state index contributed by atoms with van der Waals surface area (Å²) in [5.41, 5.74) is 0.610. The number of nitrogens with zero attached hydrogens (tertiary/aromatic N) is 3. The molecule has 2 atom stereocenters. The molecular weight excluding hydrogens is 258 g/mol. The zero-order valence-corrected chi connectivity index (χ0v) is 12.4. The summed E-state index contributed by atoms with van der Waals surface area (Å²) in [6, 6.07) is 1.16. The van der Waals surface area contributed by atoms with E-state index in [-0.39, 0.29) is 5.78 Å². The lowest BCUT2D eigenvalue weighted by Crippen LogP contribution is -2.58. The third kappa shape index (κ3) is 2.54. The number of fused-ring (bicyclic) bond motifs is 1. The second kappa shape index (κ2) is 5.21. The standard InChI is InChI=1S/C14H21N3OS/c1-10-7-16-6-4-3-5-12(16)8-17(10)14-15-13(9-19-14)11(2)18/h9-10,12H,3-8H2,1-2H3. The molecule has 2 aliphatic heterocycles. The molecule has 0 N–H and O–H groups in total. The Kier molecular flexibility index (Phi) is 3.58. The van der Waals surface area contributed by atoms with Gasteiger partial charge in [0.15, 0.2) is 10.9 Å². The van der Waals surface area contributed by atoms with Crippen molar-refractivity contribution in [3.63, 3.8) is 0 Å². The van der Waals surface area contributed by atoms with Gasteiger partial charge in [0.25, 0.3) is 0 Å². The second-order valence-corrected chi connectivity index (χ2v) is 6.55. The molecule has 5 heteroatoms. The van der Waals surface area contributed by atoms with Crippen LogP contribution in [0.15, 0.2) is 5.38 Å². The van der Waals surface area contributed by atoms with Crippen LogP contribution in [0.2, 0.25) is 0 Å². The summed E-state index contributed by atoms with van der Waals surface area (Å²) >= 11 is 1.60. The van der Waals surface area contributed by atoms with Crippen LogP contribution in [0.3, 0.4) is 0 Å². The van der Waals surface area contributed by atoms with Crippen molar-refractivity contribution < 1.29 is 4.79 Å². The highest BCUT2D eigenvalue weighted by molar-refractivity contribution is 7.13. The van der Waals surface area contributed by atoms with Gasteiger partial charge in [-0.15, -0.1) is 11.3 Å². The molecule has 3 heterocycles. The van der Waals surface area contributed by atoms with Crippen LogP contribution in [0.25, 0.3) is 0 Å². The van der Waals surface area contributed by atoms with Crippen molar-refractivity contribution in [2.75, 3.05) is 24.5 Å². The fraction of sp³-hybridized carbons (Fsp3) is 0.714. The smallest absolute Gasteiger partial charge is 0.186 e. The number of hydrogen-bond donors (Lipinski definition) is 0. The summed E-state index contributed by atoms with van der Waals surface area (Å²) in [4.78, 5) is 20.9. The van der Waals surface area contributed by atoms with E-state index in [0.717, 1.165) is 18.2 Å². The Bertz CT molecular complexity index is 473. The number of carbonyl (C=O) groups excluding carboxylic acids is 1. The SMILES string of the molecule is CC(=O)c1csc(N2CC3CCCCN3CC2C)n1. The van der Waals surface area contributed by atoms with E-state index in [4.69, 9.17) is 0 Å². The van der Waals surface area contributed by atoms with Crippen molar-refractivity contribution >= 4 is 22.3 Å². The third-order valence-corrected chi connectivity index (χ3v) is 5.16. The number of rotatable bonds is 2. The van der Waals surface area contributed by atoms with Crippen LogP contribution in [-0.2, 0) is 0 Å². The minimum absolute atomic E-state index is 0.0615. The van der Waals surface area contributed by atoms with E-state index in [1.54, 1.807) is 18.3 Å². The molecule has 2 saturated heterocycles. The van der Waals surface area contributed by atoms with Crippen LogP contribution < -0.4 is 4.90 Å². The van der Waals surface area contributed by atoms with Gasteiger partial charge in [0.1, 0.15) is 5.69 Å². The van der Waals surface area contributed by atoms with Crippen LogP contribution in [0.1, 0.15) is 43.6 Å². The molecule has 0 saturated carbocycles. The van der Waals surface area contributed by atoms with Gasteiger partial charge in [0.05, 0.1) is 0 Å². The van der Waals surface area contributed by atoms with Gasteiger partial charge >= 0.3 is 0 Å². The number of carbonyl (C=O) groups is 1. The van der Waals surface area contributed by atoms with Gasteiger partial charge in [-0.2, -0.15) is 0 Å². The number of ketones is 1. The fourth-order valence-corrected chi connectivity index (χ4v) is 4.15. The molecule has 0 spiro atoms. The Morgan fingerprint density at radius 1 is 1.42 bits per heavy atom. The Labute approximate surface area is 118 Å². The molecule has 1 aromatic heterocycles. The molecule has 19 heavy (non-hydrogen) atoms. The average molecular weight is 279 g/mol. The van der Waals surface area contributed by atoms with Crippen molar-refractivity contribution in [1.82, 2.24) is 9.88 Å². The number of piperazine rings is 1. The van der Waals surface area contributed by atoms with Crippen molar-refractivity contribution in [3.8, 4) is 0 Å². The van der Waals surface area contributed by atoms with Gasteiger partial charge in [-0.3, -0.25) is 9.69 Å². The first kappa shape index (κ1) is 13.1. The zero-order chi connectivity index (χ0) is 13.4. The highest BCUT2D eigenvalue weighted by Gasteiger charge is 2.34. The average Bonchev–Trinajstić information content (AvgIpc) is 2.87. The molecule has 2 fully saturated rings. The Hall–Kier alpha value is -0.940. The number of aromatic nitrogens is 1. The van der Waals surface area contributed by atoms with Gasteiger partial charge < -0.3 is 4.90 Å². The van der Waals surface area contributed by atoms with Crippen LogP contribution in [0.4, 0.5) is 5.13 Å². The summed E-state index contributed by atoms with van der Waals surface area (Å²) in [6.45, 7) is 7.28. The number of Topliss-reactive ketones (excluding diaryl/α,β-unsaturated/α-hetero) is 1. The summed E-state index contributed by atoms with van der Waals surface area (Å²) in [7, 11) is 0. The number of anilines is 1. The Morgan fingerprint density at radius 3 is 3.00 bits per heavy atom. The first-order valence-corrected chi connectivity index (χ1v) is 8.00. The lowest BCUT2D eigenvalue weighted by Gasteiger charge is -2.47. The van der Waals surface area contributed by atoms with Gasteiger partial charge in [-0.1, -0.05) is 6.42 Å². The maximum absolute atomic E-state index is 11.4. The van der Waals surface area contributed by atoms with E-state index < -0.39 is 0 Å². The molecule has 3 rings (SSSR count). The topological polar surface area (TPSA) is 36.4 Å². The summed E-state index contributed by atoms with van der Waals surface area (Å²) in [5, 5.41) is 2.90. The van der Waals surface area contributed by atoms with Gasteiger partial charge in [-0.05, 0) is 26.3 Å². The molecule has 2 unspecified atom stereocenters. The Balaban J connectivity index is 1.77. The van der Waals surface area contributed by atoms with E-state index in [0.29, 0.717) is 17.8 Å². The van der Waals surface area contributed by atoms with E-state index in [1.165, 1.54) is 25.8 Å². The first-order valence-electron chi connectivity index (χ1n) is 7.12. The molecule has 0 aliphatic carbocycles. The number of piperidine rings is 1. The molecule has 0 amide bonds. The zero-order valence-electron chi connectivity index (χ0n) is 11.6. The highest BCUT2D eigenvalue weighted by atomic mass is 32.1. The minimum Gasteiger partial charge on any atom is -0.343 e. The monoisotopic (exact) mass is 279 g/mol. The van der Waals surface area contributed by atoms with E-state index >= 15 is 0 Å². The molecule has 0 radical (unpaired) electrons. The first-order chi connectivity index (χ1) is 9.15. The van der Waals surface area contributed by atoms with Gasteiger partial charge in [-0.25, -0.2) is 4.98 Å². The predicted octanol–water partition coefficient (Wildman–Crippen LogP) is 2.41. The number of hydrogen-bond acceptors (Lipinski definition) is 5. The van der Waals surface area contributed by atoms with Crippen molar-refractivity contribution in [1.29, 1.82) is 0 Å². The minimum atomic E-state index is 0.0615. The Morgan fingerprint density at radius 2 is 2.26 bits per heavy atom. The largest absolute Gasteiger partial charge is 0.343 e. The van der Waals surface area contributed by atoms with Gasteiger partial charge in [0.2, 0.25) is 0 Å². The van der Waals surface area contributed by atoms with Crippen LogP contribution >= 0.6 is 11.3 Å². The molecule has 2 aliphatic rings. The molecule has 4 nitrogen and oxygen atoms in total. The molecule has 1 aromatic rings. The predicted molar refractivity (Wildman–Crippen MR) is 78.1 cm³/mol. The number of thiazole rings is 1. The molecule has 0 bridgehead atoms. The summed E-state index contributed by atoms with van der Waals surface area (Å²) in [6.07, 6.45) is 3.99. The second-order valence-electron chi connectivity index (χ2n) is 5.72. The van der Waals surface area contributed by atoms with Gasteiger partial charge in [0, 0.05) is 37.5 Å². The molecule has 0 aromatic carbocycles. The maximum atomic E-state index is 11.4. The fourth-order valence-electron chi connectivity index (χ4n) is 3.18. The van der Waals surface area contributed by atoms with Crippen molar-refractivity contribution in [3.05, 3.63) is 11.1 Å². The molecule has 104 valence electrons. The van der Waals surface area contributed by atoms with E-state index in [9.17, 15) is 4.79 Å². The van der Waals surface area contributed by atoms with E-state index in [1.807, 2.05) is 5.38 Å². The lowest BCUT2D eigenvalue weighted by molar-refractivity contribution is 0.101. The van der Waals surface area contributed by atoms with Crippen LogP contribution in [0, 0.1) is 0 Å². The van der Waals surface area contributed by atoms with Crippen LogP contribution in [0.5, 0.6) is 0 Å². The van der Waals surface area contributed by atoms with Crippen molar-refractivity contribution in [2.45, 2.75) is 45.2 Å². The van der Waals surface area contributed by atoms with E-state index in [2.05, 4.69) is 21.7 Å². The lowest BCUT2D eigenvalue weighted by atomic mass is 9.97. The molecular formula is C14H21N3OS. The normalized spacial score (nSPS) is 28.2. The maximum Gasteiger partial charge on any atom is 0.186 e. The quantitative estimate of drug-likeness (QED) is 0.779. The highest BCUT2D eigenvalue weighted by Crippen LogP contribution is 2.30.